The fraction of sp³-hybridized carbons (Fsp3) is 0.776. The van der Waals surface area contributed by atoms with Crippen molar-refractivity contribution in [1.82, 2.24) is 5.32 Å². The van der Waals surface area contributed by atoms with Crippen molar-refractivity contribution in [3.05, 3.63) is 59.3 Å². The summed E-state index contributed by atoms with van der Waals surface area (Å²) in [5.74, 6) is -2.51. The molecule has 1 unspecified atom stereocenters. The van der Waals surface area contributed by atoms with Gasteiger partial charge in [-0.15, -0.1) is 0 Å². The van der Waals surface area contributed by atoms with E-state index in [-0.39, 0.29) is 67.0 Å². The van der Waals surface area contributed by atoms with E-state index in [0.717, 1.165) is 12.0 Å². The lowest BCUT2D eigenvalue weighted by Gasteiger charge is -2.48. The van der Waals surface area contributed by atoms with Crippen LogP contribution in [0.25, 0.3) is 0 Å². The molecule has 63 heavy (non-hydrogen) atoms. The summed E-state index contributed by atoms with van der Waals surface area (Å²) < 4.78 is 64.6. The number of fused-ring (bicyclic) bond motifs is 2. The third-order valence-corrected chi connectivity index (χ3v) is 14.9. The maximum Gasteiger partial charge on any atom is 0.316 e. The van der Waals surface area contributed by atoms with Crippen molar-refractivity contribution in [3.63, 3.8) is 0 Å². The number of aliphatic hydroxyl groups excluding tert-OH is 1. The Bertz CT molecular complexity index is 1750. The zero-order valence-electron chi connectivity index (χ0n) is 39.3. The molecule has 0 aromatic carbocycles. The Morgan fingerprint density at radius 2 is 1.63 bits per heavy atom. The SMILES string of the molecule is CC[C@H](C)[C@H]1O[C@]2(C=C[C@@H]1C)C[C@@H]1C[C@@H](C/C=C(\C)[C@@H](O[C@H]3C[C@H](OC)[C@@H](O[C@H]4C[C@H](OC)[C@@H](NC)[C@H](C)O4)[C@H](C)O3)[C@@H](C)/C=C/C=C3\CO[C@@H]4[C@H](O)C(C)=C[C@@H](C(=O)O1)C34O)O2. The number of allylic oxidation sites excluding steroid dienone is 2. The lowest BCUT2D eigenvalue weighted by molar-refractivity contribution is -0.312. The number of esters is 1. The van der Waals surface area contributed by atoms with Gasteiger partial charge in [-0.2, -0.15) is 0 Å². The van der Waals surface area contributed by atoms with E-state index in [4.69, 9.17) is 47.4 Å². The Balaban J connectivity index is 1.18. The van der Waals surface area contributed by atoms with Crippen LogP contribution in [0.1, 0.15) is 93.9 Å². The van der Waals surface area contributed by atoms with Crippen molar-refractivity contribution in [1.29, 1.82) is 0 Å². The number of carbonyl (C=O) groups is 1. The first-order chi connectivity index (χ1) is 30.0. The van der Waals surface area contributed by atoms with Gasteiger partial charge >= 0.3 is 5.97 Å². The quantitative estimate of drug-likeness (QED) is 0.194. The van der Waals surface area contributed by atoms with Crippen LogP contribution in [0, 0.1) is 23.7 Å². The topological polar surface area (TPSA) is 162 Å². The minimum absolute atomic E-state index is 0.0411. The largest absolute Gasteiger partial charge is 0.462 e. The molecule has 3 N–H and O–H groups in total. The lowest BCUT2D eigenvalue weighted by Crippen LogP contribution is -2.58. The van der Waals surface area contributed by atoms with Crippen molar-refractivity contribution in [2.45, 2.75) is 191 Å². The molecule has 7 rings (SSSR count). The second kappa shape index (κ2) is 20.3. The summed E-state index contributed by atoms with van der Waals surface area (Å²) >= 11 is 0. The number of aliphatic hydroxyl groups is 2. The van der Waals surface area contributed by atoms with Crippen molar-refractivity contribution in [2.75, 3.05) is 27.9 Å². The number of hydrogen-bond acceptors (Lipinski definition) is 14. The first-order valence-corrected chi connectivity index (χ1v) is 23.4. The molecule has 6 heterocycles. The molecule has 1 aliphatic carbocycles. The Hall–Kier alpha value is -2.31. The van der Waals surface area contributed by atoms with E-state index >= 15 is 0 Å². The molecule has 1 spiro atoms. The molecular weight excluding hydrogens is 811 g/mol. The molecule has 7 aliphatic rings. The zero-order valence-corrected chi connectivity index (χ0v) is 39.3. The van der Waals surface area contributed by atoms with E-state index in [0.29, 0.717) is 43.3 Å². The second-order valence-corrected chi connectivity index (χ2v) is 19.3. The summed E-state index contributed by atoms with van der Waals surface area (Å²) in [5.41, 5.74) is 0.180. The molecule has 20 atom stereocenters. The molecule has 14 nitrogen and oxygen atoms in total. The Kier molecular flexibility index (Phi) is 15.7. The molecule has 0 amide bonds. The second-order valence-electron chi connectivity index (χ2n) is 19.3. The van der Waals surface area contributed by atoms with Crippen LogP contribution in [-0.4, -0.2) is 141 Å². The van der Waals surface area contributed by atoms with Gasteiger partial charge in [-0.25, -0.2) is 0 Å². The number of rotatable bonds is 9. The molecule has 2 bridgehead atoms. The normalized spacial score (nSPS) is 48.6. The number of hydrogen-bond donors (Lipinski definition) is 3. The average Bonchev–Trinajstić information content (AvgIpc) is 3.60. The molecule has 6 aliphatic heterocycles. The Morgan fingerprint density at radius 3 is 2.35 bits per heavy atom. The van der Waals surface area contributed by atoms with Gasteiger partial charge in [0.15, 0.2) is 18.4 Å². The highest BCUT2D eigenvalue weighted by Gasteiger charge is 2.60. The molecule has 0 saturated carbocycles. The third kappa shape index (κ3) is 10.0. The number of nitrogens with one attached hydrogen (secondary N) is 1. The molecule has 14 heteroatoms. The van der Waals surface area contributed by atoms with E-state index in [1.165, 1.54) is 0 Å². The summed E-state index contributed by atoms with van der Waals surface area (Å²) in [6, 6.07) is 0.0442. The molecule has 4 fully saturated rings. The number of methoxy groups -OCH3 is 2. The standard InChI is InChI=1S/C49H75NO13/c1-12-26(2)44-29(5)18-19-48(63-44)24-35-21-34(62-48)17-16-28(4)43(27(3)14-13-15-33-25-56-46-42(51)30(6)20-36(47(52)59-35)49(33,46)53)60-40-23-38(55-11)45(32(8)58-40)61-39-22-37(54-10)41(50-9)31(7)57-39/h13-16,18-20,26-27,29,31-32,34-46,50-51,53H,12,17,21-25H2,1-11H3/b14-13+,28-16+,33-15+/t26-,27-,29-,31-,32-,34+,35-,36-,37-,38-,39-,40-,41-,42+,43-,44+,45-,46+,48+,49?/m0/s1. The monoisotopic (exact) mass is 886 g/mol. The number of ether oxygens (including phenoxy) is 10. The molecule has 0 aromatic heterocycles. The highest BCUT2D eigenvalue weighted by Crippen LogP contribution is 2.47. The minimum atomic E-state index is -1.83. The maximum absolute atomic E-state index is 14.4. The third-order valence-electron chi connectivity index (χ3n) is 14.9. The zero-order chi connectivity index (χ0) is 45.4. The molecule has 4 saturated heterocycles. The smallest absolute Gasteiger partial charge is 0.316 e. The Labute approximate surface area is 374 Å². The van der Waals surface area contributed by atoms with Crippen LogP contribution >= 0.6 is 0 Å². The van der Waals surface area contributed by atoms with Gasteiger partial charge in [-0.05, 0) is 69.9 Å². The van der Waals surface area contributed by atoms with Crippen molar-refractivity contribution in [2.24, 2.45) is 23.7 Å². The van der Waals surface area contributed by atoms with Crippen LogP contribution in [0.4, 0.5) is 0 Å². The predicted octanol–water partition coefficient (Wildman–Crippen LogP) is 5.60. The van der Waals surface area contributed by atoms with E-state index in [9.17, 15) is 15.0 Å². The van der Waals surface area contributed by atoms with Gasteiger partial charge in [-0.1, -0.05) is 70.6 Å². The van der Waals surface area contributed by atoms with Crippen LogP contribution in [0.3, 0.4) is 0 Å². The van der Waals surface area contributed by atoms with Crippen LogP contribution in [0.5, 0.6) is 0 Å². The van der Waals surface area contributed by atoms with Gasteiger partial charge in [0.1, 0.15) is 35.9 Å². The maximum atomic E-state index is 14.4. The molecule has 354 valence electrons. The minimum Gasteiger partial charge on any atom is -0.462 e. The number of carbonyl (C=O) groups excluding carboxylic acids is 1. The van der Waals surface area contributed by atoms with Crippen molar-refractivity contribution < 1.29 is 62.4 Å². The summed E-state index contributed by atoms with van der Waals surface area (Å²) in [6.45, 7) is 16.4. The highest BCUT2D eigenvalue weighted by atomic mass is 16.7. The fourth-order valence-electron chi connectivity index (χ4n) is 11.0. The van der Waals surface area contributed by atoms with E-state index in [1.54, 1.807) is 33.3 Å². The summed E-state index contributed by atoms with van der Waals surface area (Å²) in [7, 11) is 5.30. The fourth-order valence-corrected chi connectivity index (χ4v) is 11.0. The van der Waals surface area contributed by atoms with Gasteiger partial charge in [0.05, 0.1) is 55.4 Å². The summed E-state index contributed by atoms with van der Waals surface area (Å²) in [6.07, 6.45) is 10.7. The van der Waals surface area contributed by atoms with Gasteiger partial charge in [0.2, 0.25) is 0 Å². The highest BCUT2D eigenvalue weighted by molar-refractivity contribution is 5.78. The van der Waals surface area contributed by atoms with Gasteiger partial charge in [0.25, 0.3) is 0 Å². The van der Waals surface area contributed by atoms with Gasteiger partial charge < -0.3 is 62.9 Å². The van der Waals surface area contributed by atoms with Crippen molar-refractivity contribution >= 4 is 5.97 Å². The van der Waals surface area contributed by atoms with Crippen LogP contribution in [0.15, 0.2) is 59.3 Å². The molecule has 0 radical (unpaired) electrons. The van der Waals surface area contributed by atoms with Crippen LogP contribution < -0.4 is 5.32 Å². The lowest BCUT2D eigenvalue weighted by atomic mass is 9.71. The summed E-state index contributed by atoms with van der Waals surface area (Å²) in [5, 5.41) is 27.1. The van der Waals surface area contributed by atoms with Gasteiger partial charge in [-0.3, -0.25) is 4.79 Å². The predicted molar refractivity (Wildman–Crippen MR) is 234 cm³/mol. The molecule has 0 aromatic rings. The number of likely N-dealkylation sites (N-methyl/N-ethyl adjacent to an activating group) is 1. The first-order valence-electron chi connectivity index (χ1n) is 23.4. The first kappa shape index (κ1) is 48.6. The van der Waals surface area contributed by atoms with E-state index in [1.807, 2.05) is 39.1 Å². The van der Waals surface area contributed by atoms with Crippen LogP contribution in [0.2, 0.25) is 0 Å². The van der Waals surface area contributed by atoms with Crippen molar-refractivity contribution in [3.8, 4) is 0 Å². The van der Waals surface area contributed by atoms with Crippen LogP contribution in [-0.2, 0) is 52.2 Å². The average molecular weight is 886 g/mol. The van der Waals surface area contributed by atoms with Gasteiger partial charge in [0, 0.05) is 51.7 Å². The van der Waals surface area contributed by atoms with E-state index < -0.39 is 66.4 Å². The van der Waals surface area contributed by atoms with E-state index in [2.05, 4.69) is 52.1 Å². The molecular formula is C49H75NO13. The summed E-state index contributed by atoms with van der Waals surface area (Å²) in [4.78, 5) is 14.4. The Morgan fingerprint density at radius 1 is 0.921 bits per heavy atom.